The summed E-state index contributed by atoms with van der Waals surface area (Å²) in [6.45, 7) is 34.3. The zero-order chi connectivity index (χ0) is 51.6. The van der Waals surface area contributed by atoms with E-state index in [1.165, 1.54) is 48.8 Å². The van der Waals surface area contributed by atoms with E-state index in [9.17, 15) is 19.2 Å². The highest BCUT2D eigenvalue weighted by Crippen LogP contribution is 2.22. The van der Waals surface area contributed by atoms with Gasteiger partial charge >= 0.3 is 23.9 Å². The van der Waals surface area contributed by atoms with Gasteiger partial charge in [0.15, 0.2) is 0 Å². The predicted molar refractivity (Wildman–Crippen MR) is 390 cm³/mol. The van der Waals surface area contributed by atoms with Crippen molar-refractivity contribution in [2.45, 2.75) is 319 Å². The van der Waals surface area contributed by atoms with Gasteiger partial charge in [0.1, 0.15) is 0 Å². The van der Waals surface area contributed by atoms with Gasteiger partial charge in [-0.3, -0.25) is 19.2 Å². The van der Waals surface area contributed by atoms with E-state index >= 15 is 0 Å². The van der Waals surface area contributed by atoms with Crippen LogP contribution in [0.3, 0.4) is 0 Å². The highest BCUT2D eigenvalue weighted by molar-refractivity contribution is 5.78. The van der Waals surface area contributed by atoms with Gasteiger partial charge in [0.05, 0.1) is 24.7 Å². The van der Waals surface area contributed by atoms with E-state index in [-0.39, 0.29) is 144 Å². The first kappa shape index (κ1) is 137. The summed E-state index contributed by atoms with van der Waals surface area (Å²) in [6.07, 6.45) is 38.0. The smallest absolute Gasteiger partial charge is 0.307 e. The van der Waals surface area contributed by atoms with Crippen LogP contribution in [0, 0.1) is 47.3 Å². The van der Waals surface area contributed by atoms with Crippen LogP contribution < -0.4 is 0 Å². The molecule has 0 rings (SSSR count). The average molecular weight is 1180 g/mol. The zero-order valence-corrected chi connectivity index (χ0v) is 44.9. The van der Waals surface area contributed by atoms with Gasteiger partial charge in [0, 0.05) is 0 Å². The van der Waals surface area contributed by atoms with Crippen molar-refractivity contribution in [2.24, 2.45) is 47.3 Å². The van der Waals surface area contributed by atoms with Crippen LogP contribution in [-0.2, 0) is 19.2 Å². The molecule has 0 amide bonds. The van der Waals surface area contributed by atoms with E-state index in [0.29, 0.717) is 5.92 Å². The lowest BCUT2D eigenvalue weighted by molar-refractivity contribution is -0.149. The molecule has 508 valence electrons. The molecule has 0 fully saturated rings. The van der Waals surface area contributed by atoms with Gasteiger partial charge in [-0.05, 0) is 140 Å². The summed E-state index contributed by atoms with van der Waals surface area (Å²) in [7, 11) is 0. The minimum atomic E-state index is -1.08. The van der Waals surface area contributed by atoms with E-state index in [4.69, 9.17) is 20.4 Å². The number of carboxylic acids is 4. The molecule has 0 aliphatic carbocycles. The molecule has 0 spiro atoms. The van der Waals surface area contributed by atoms with Crippen molar-refractivity contribution in [3.05, 3.63) is 95.2 Å². The maximum Gasteiger partial charge on any atom is 0.307 e. The Morgan fingerprint density at radius 1 is 0.341 bits per heavy atom. The van der Waals surface area contributed by atoms with Gasteiger partial charge in [-0.25, -0.2) is 0 Å². The van der Waals surface area contributed by atoms with E-state index < -0.39 is 35.7 Å². The summed E-state index contributed by atoms with van der Waals surface area (Å²) >= 11 is 0. The average Bonchev–Trinajstić information content (AvgIpc) is 3.24. The standard InChI is InChI=1S/C16H26O4.C15H28.C14H22O4.C13H24.16CH4/c1-5-11(2)7-6-8-12(3)9-13(4)14(16(19)20)10-15(17)18;1-7-13(4)9-8-10-14(5)11-15(6)12(2)3;1-3-4-5-6-7-8-9-11(2)12(14(17)18)10-13(15)16;1-5-6-7-8-9-10-11-13(4)12(2)3;;;;;;;;;;;;;;;;/h7,9,13-14H,5-6,8,10H2,1-4H3,(H,17,18)(H,19,20);9,11-12,15H,7-8,10H2,1-6H3;4-5,8-9,11-12H,3,6-7,10H2,1-2H3,(H,15,16)(H,17,18);6-7,10-13H,5,8-9H2,1-4H3;16*1H4. The second kappa shape index (κ2) is 90.6. The van der Waals surface area contributed by atoms with Gasteiger partial charge in [0.2, 0.25) is 0 Å². The second-order valence-corrected chi connectivity index (χ2v) is 18.7. The van der Waals surface area contributed by atoms with Crippen molar-refractivity contribution >= 4 is 23.9 Å². The summed E-state index contributed by atoms with van der Waals surface area (Å²) in [5, 5.41) is 35.4. The summed E-state index contributed by atoms with van der Waals surface area (Å²) < 4.78 is 0. The Balaban J connectivity index is -0.0000000329. The van der Waals surface area contributed by atoms with Crippen molar-refractivity contribution in [3.8, 4) is 0 Å². The largest absolute Gasteiger partial charge is 0.481 e. The molecular formula is C74H164O8. The third-order valence-electron chi connectivity index (χ3n) is 11.8. The van der Waals surface area contributed by atoms with Gasteiger partial charge in [-0.2, -0.15) is 0 Å². The Hall–Kier alpha value is -4.20. The lowest BCUT2D eigenvalue weighted by Crippen LogP contribution is -2.23. The van der Waals surface area contributed by atoms with Crippen LogP contribution in [0.2, 0.25) is 0 Å². The van der Waals surface area contributed by atoms with Crippen molar-refractivity contribution in [1.29, 1.82) is 0 Å². The Kier molecular flexibility index (Phi) is 152. The molecule has 6 atom stereocenters. The number of allylic oxidation sites excluding steroid dienone is 16. The third kappa shape index (κ3) is 92.3. The van der Waals surface area contributed by atoms with E-state index in [1.54, 1.807) is 19.9 Å². The Labute approximate surface area is 523 Å². The summed E-state index contributed by atoms with van der Waals surface area (Å²) in [6, 6.07) is 0. The lowest BCUT2D eigenvalue weighted by Gasteiger charge is -2.16. The Morgan fingerprint density at radius 3 is 0.866 bits per heavy atom. The molecule has 0 heterocycles. The molecule has 0 saturated heterocycles. The maximum absolute atomic E-state index is 11.1. The number of hydrogen-bond donors (Lipinski definition) is 4. The van der Waals surface area contributed by atoms with Crippen molar-refractivity contribution in [2.75, 3.05) is 0 Å². The molecule has 6 unspecified atom stereocenters. The zero-order valence-electron chi connectivity index (χ0n) is 44.9. The second-order valence-electron chi connectivity index (χ2n) is 18.7. The van der Waals surface area contributed by atoms with Crippen molar-refractivity contribution < 1.29 is 39.6 Å². The first-order valence-corrected chi connectivity index (χ1v) is 25.1. The van der Waals surface area contributed by atoms with E-state index in [2.05, 4.69) is 145 Å². The topological polar surface area (TPSA) is 149 Å². The molecule has 0 saturated carbocycles. The SMILES string of the molecule is C.C.C.C.C.C.C.C.C.C.C.C.C.C.C.C.CCC(C)=CCCC(C)=CC(C)C(C)C.CCC(C)=CCCC(C)=CC(C)C(CC(=O)O)C(=O)O.CCC=CCCC=CC(C)C(C)C.CCC=CCCC=CC(C)C(CC(=O)O)C(=O)O. The summed E-state index contributed by atoms with van der Waals surface area (Å²) in [4.78, 5) is 43.3. The number of hydrogen-bond acceptors (Lipinski definition) is 4. The number of aliphatic carboxylic acids is 4. The number of unbranched alkanes of at least 4 members (excludes halogenated alkanes) is 2. The molecule has 4 N–H and O–H groups in total. The molecular weight excluding hydrogens is 1020 g/mol. The highest BCUT2D eigenvalue weighted by atomic mass is 16.4. The van der Waals surface area contributed by atoms with Gasteiger partial charge in [0.25, 0.3) is 0 Å². The molecule has 82 heavy (non-hydrogen) atoms. The molecule has 8 heteroatoms. The minimum absolute atomic E-state index is 0. The monoisotopic (exact) mass is 1180 g/mol. The van der Waals surface area contributed by atoms with E-state index in [1.807, 2.05) is 19.1 Å². The Bertz CT molecular complexity index is 1540. The molecule has 0 aromatic heterocycles. The van der Waals surface area contributed by atoms with Gasteiger partial charge in [-0.1, -0.05) is 297 Å². The van der Waals surface area contributed by atoms with Gasteiger partial charge < -0.3 is 20.4 Å². The van der Waals surface area contributed by atoms with Crippen LogP contribution in [0.1, 0.15) is 319 Å². The third-order valence-corrected chi connectivity index (χ3v) is 11.8. The van der Waals surface area contributed by atoms with Gasteiger partial charge in [-0.15, -0.1) is 0 Å². The van der Waals surface area contributed by atoms with Crippen molar-refractivity contribution in [3.63, 3.8) is 0 Å². The van der Waals surface area contributed by atoms with Crippen LogP contribution in [0.5, 0.6) is 0 Å². The molecule has 0 aromatic rings. The van der Waals surface area contributed by atoms with E-state index in [0.717, 1.165) is 68.3 Å². The minimum Gasteiger partial charge on any atom is -0.481 e. The number of rotatable bonds is 30. The molecule has 0 aromatic carbocycles. The van der Waals surface area contributed by atoms with Crippen LogP contribution in [0.4, 0.5) is 0 Å². The van der Waals surface area contributed by atoms with Crippen LogP contribution in [-0.4, -0.2) is 44.3 Å². The quantitative estimate of drug-likeness (QED) is 0.0410. The molecule has 0 aliphatic rings. The number of carbonyl (C=O) groups is 4. The fourth-order valence-electron chi connectivity index (χ4n) is 6.06. The van der Waals surface area contributed by atoms with Crippen molar-refractivity contribution in [1.82, 2.24) is 0 Å². The molecule has 0 aliphatic heterocycles. The Morgan fingerprint density at radius 2 is 0.610 bits per heavy atom. The number of carboxylic acid groups (broad SMARTS) is 4. The molecule has 8 nitrogen and oxygen atoms in total. The fourth-order valence-corrected chi connectivity index (χ4v) is 6.06. The predicted octanol–water partition coefficient (Wildman–Crippen LogP) is 27.1. The highest BCUT2D eigenvalue weighted by Gasteiger charge is 2.26. The normalized spacial score (nSPS) is 12.4. The van der Waals surface area contributed by atoms with Crippen LogP contribution in [0.15, 0.2) is 95.2 Å². The molecule has 0 radical (unpaired) electrons. The molecule has 0 bridgehead atoms. The van der Waals surface area contributed by atoms with Crippen LogP contribution in [0.25, 0.3) is 0 Å². The fraction of sp³-hybridized carbons (Fsp3) is 0.730. The lowest BCUT2D eigenvalue weighted by atomic mass is 9.89. The first-order chi connectivity index (χ1) is 30.9. The van der Waals surface area contributed by atoms with Crippen LogP contribution >= 0.6 is 0 Å². The summed E-state index contributed by atoms with van der Waals surface area (Å²) in [5.74, 6) is -3.57. The first-order valence-electron chi connectivity index (χ1n) is 25.1. The summed E-state index contributed by atoms with van der Waals surface area (Å²) in [5.41, 5.74) is 5.51. The maximum atomic E-state index is 11.1.